The zero-order valence-electron chi connectivity index (χ0n) is 8.99. The van der Waals surface area contributed by atoms with E-state index in [0.717, 1.165) is 28.8 Å². The van der Waals surface area contributed by atoms with E-state index in [-0.39, 0.29) is 0 Å². The van der Waals surface area contributed by atoms with Crippen molar-refractivity contribution in [3.8, 4) is 5.88 Å². The van der Waals surface area contributed by atoms with Crippen molar-refractivity contribution in [2.45, 2.75) is 6.42 Å². The number of hydrogen-bond donors (Lipinski definition) is 0. The molecule has 0 N–H and O–H groups in total. The molecule has 0 aliphatic carbocycles. The first-order chi connectivity index (χ1) is 7.74. The maximum atomic E-state index is 5.16. The van der Waals surface area contributed by atoms with E-state index in [1.165, 1.54) is 6.42 Å². The lowest BCUT2D eigenvalue weighted by atomic mass is 10.2. The highest BCUT2D eigenvalue weighted by atomic mass is 79.9. The Morgan fingerprint density at radius 2 is 2.44 bits per heavy atom. The van der Waals surface area contributed by atoms with Gasteiger partial charge in [0.2, 0.25) is 11.8 Å². The molecule has 0 aromatic carbocycles. The zero-order chi connectivity index (χ0) is 11.5. The Labute approximate surface area is 112 Å². The average Bonchev–Trinajstić information content (AvgIpc) is 2.78. The molecule has 0 spiro atoms. The Morgan fingerprint density at radius 3 is 3.06 bits per heavy atom. The highest BCUT2D eigenvalue weighted by Gasteiger charge is 2.24. The zero-order valence-corrected chi connectivity index (χ0v) is 12.2. The van der Waals surface area contributed by atoms with Crippen LogP contribution in [-0.2, 0) is 0 Å². The van der Waals surface area contributed by atoms with Gasteiger partial charge >= 0.3 is 0 Å². The van der Waals surface area contributed by atoms with E-state index in [1.54, 1.807) is 13.3 Å². The molecule has 16 heavy (non-hydrogen) atoms. The molecule has 1 aromatic rings. The molecular formula is C10H13Br2N3O. The van der Waals surface area contributed by atoms with Crippen LogP contribution in [-0.4, -0.2) is 35.5 Å². The van der Waals surface area contributed by atoms with Gasteiger partial charge in [0, 0.05) is 18.4 Å². The van der Waals surface area contributed by atoms with Gasteiger partial charge in [-0.25, -0.2) is 4.98 Å². The highest BCUT2D eigenvalue weighted by Crippen LogP contribution is 2.26. The van der Waals surface area contributed by atoms with E-state index in [0.29, 0.717) is 11.8 Å². The van der Waals surface area contributed by atoms with Gasteiger partial charge in [-0.3, -0.25) is 0 Å². The summed E-state index contributed by atoms with van der Waals surface area (Å²) in [5.41, 5.74) is 0. The summed E-state index contributed by atoms with van der Waals surface area (Å²) in [6.07, 6.45) is 2.93. The number of methoxy groups -OCH3 is 1. The summed E-state index contributed by atoms with van der Waals surface area (Å²) in [6, 6.07) is 0. The van der Waals surface area contributed by atoms with Gasteiger partial charge in [0.1, 0.15) is 0 Å². The van der Waals surface area contributed by atoms with E-state index in [1.807, 2.05) is 0 Å². The van der Waals surface area contributed by atoms with Crippen molar-refractivity contribution in [1.29, 1.82) is 0 Å². The van der Waals surface area contributed by atoms with Crippen LogP contribution in [0.4, 0.5) is 5.95 Å². The Balaban J connectivity index is 2.15. The summed E-state index contributed by atoms with van der Waals surface area (Å²) in [4.78, 5) is 10.9. The third kappa shape index (κ3) is 2.48. The van der Waals surface area contributed by atoms with E-state index in [4.69, 9.17) is 4.74 Å². The monoisotopic (exact) mass is 349 g/mol. The molecule has 2 heterocycles. The van der Waals surface area contributed by atoms with Crippen LogP contribution in [0.2, 0.25) is 0 Å². The maximum absolute atomic E-state index is 5.16. The first-order valence-corrected chi connectivity index (χ1v) is 7.03. The molecule has 0 amide bonds. The Morgan fingerprint density at radius 1 is 1.62 bits per heavy atom. The molecule has 1 aliphatic heterocycles. The highest BCUT2D eigenvalue weighted by molar-refractivity contribution is 9.10. The van der Waals surface area contributed by atoms with E-state index >= 15 is 0 Å². The minimum Gasteiger partial charge on any atom is -0.480 e. The molecule has 0 bridgehead atoms. The Bertz CT molecular complexity index is 375. The second-order valence-corrected chi connectivity index (χ2v) is 5.28. The smallest absolute Gasteiger partial charge is 0.232 e. The Kier molecular flexibility index (Phi) is 4.02. The fourth-order valence-corrected chi connectivity index (χ4v) is 2.66. The summed E-state index contributed by atoms with van der Waals surface area (Å²) in [6.45, 7) is 2.02. The molecule has 2 rings (SSSR count). The van der Waals surface area contributed by atoms with E-state index in [2.05, 4.69) is 46.7 Å². The van der Waals surface area contributed by atoms with Crippen molar-refractivity contribution in [3.63, 3.8) is 0 Å². The minimum atomic E-state index is 0.590. The van der Waals surface area contributed by atoms with Gasteiger partial charge in [0.05, 0.1) is 17.8 Å². The number of anilines is 1. The lowest BCUT2D eigenvalue weighted by Gasteiger charge is -2.16. The van der Waals surface area contributed by atoms with E-state index < -0.39 is 0 Å². The van der Waals surface area contributed by atoms with Crippen LogP contribution in [0.25, 0.3) is 0 Å². The van der Waals surface area contributed by atoms with Crippen molar-refractivity contribution in [2.75, 3.05) is 30.4 Å². The molecule has 88 valence electrons. The van der Waals surface area contributed by atoms with Gasteiger partial charge in [-0.05, 0) is 28.3 Å². The van der Waals surface area contributed by atoms with E-state index in [9.17, 15) is 0 Å². The molecule has 1 atom stereocenters. The summed E-state index contributed by atoms with van der Waals surface area (Å²) in [5.74, 6) is 2.04. The van der Waals surface area contributed by atoms with Gasteiger partial charge in [-0.2, -0.15) is 4.98 Å². The summed E-state index contributed by atoms with van der Waals surface area (Å²) in [7, 11) is 1.61. The first kappa shape index (κ1) is 12.1. The fourth-order valence-electron chi connectivity index (χ4n) is 1.78. The van der Waals surface area contributed by atoms with Crippen molar-refractivity contribution >= 4 is 37.8 Å². The Hall–Kier alpha value is -0.360. The van der Waals surface area contributed by atoms with Crippen LogP contribution in [0, 0.1) is 5.92 Å². The van der Waals surface area contributed by atoms with Crippen LogP contribution >= 0.6 is 31.9 Å². The second kappa shape index (κ2) is 5.31. The van der Waals surface area contributed by atoms with Crippen LogP contribution in [0.1, 0.15) is 6.42 Å². The summed E-state index contributed by atoms with van der Waals surface area (Å²) < 4.78 is 5.95. The number of halogens is 2. The first-order valence-electron chi connectivity index (χ1n) is 5.12. The van der Waals surface area contributed by atoms with Gasteiger partial charge in [-0.15, -0.1) is 0 Å². The van der Waals surface area contributed by atoms with Crippen LogP contribution in [0.5, 0.6) is 5.88 Å². The third-order valence-corrected chi connectivity index (χ3v) is 4.14. The molecule has 4 nitrogen and oxygen atoms in total. The molecular weight excluding hydrogens is 338 g/mol. The predicted octanol–water partition coefficient (Wildman–Crippen LogP) is 2.47. The number of rotatable bonds is 3. The van der Waals surface area contributed by atoms with Crippen LogP contribution in [0.15, 0.2) is 10.7 Å². The SMILES string of the molecule is COc1nc(N2CCC(CBr)C2)ncc1Br. The molecule has 6 heteroatoms. The summed E-state index contributed by atoms with van der Waals surface area (Å²) >= 11 is 6.87. The second-order valence-electron chi connectivity index (χ2n) is 3.78. The maximum Gasteiger partial charge on any atom is 0.232 e. The molecule has 1 aromatic heterocycles. The summed E-state index contributed by atoms with van der Waals surface area (Å²) in [5, 5.41) is 1.04. The predicted molar refractivity (Wildman–Crippen MR) is 70.4 cm³/mol. The molecule has 1 unspecified atom stereocenters. The topological polar surface area (TPSA) is 38.2 Å². The van der Waals surface area contributed by atoms with Crippen LogP contribution < -0.4 is 9.64 Å². The lowest BCUT2D eigenvalue weighted by molar-refractivity contribution is 0.394. The van der Waals surface area contributed by atoms with Gasteiger partial charge in [-0.1, -0.05) is 15.9 Å². The molecule has 1 saturated heterocycles. The van der Waals surface area contributed by atoms with Crippen LogP contribution in [0.3, 0.4) is 0 Å². The number of ether oxygens (including phenoxy) is 1. The van der Waals surface area contributed by atoms with Crippen molar-refractivity contribution < 1.29 is 4.74 Å². The van der Waals surface area contributed by atoms with Gasteiger partial charge < -0.3 is 9.64 Å². The standard InChI is InChI=1S/C10H13Br2N3O/c1-16-9-8(12)5-13-10(14-9)15-3-2-7(4-11)6-15/h5,7H,2-4,6H2,1H3. The van der Waals surface area contributed by atoms with Crippen molar-refractivity contribution in [2.24, 2.45) is 5.92 Å². The van der Waals surface area contributed by atoms with Crippen molar-refractivity contribution in [1.82, 2.24) is 9.97 Å². The molecule has 0 radical (unpaired) electrons. The molecule has 0 saturated carbocycles. The molecule has 1 fully saturated rings. The number of hydrogen-bond acceptors (Lipinski definition) is 4. The minimum absolute atomic E-state index is 0.590. The molecule has 1 aliphatic rings. The third-order valence-electron chi connectivity index (χ3n) is 2.68. The number of alkyl halides is 1. The van der Waals surface area contributed by atoms with Crippen molar-refractivity contribution in [3.05, 3.63) is 10.7 Å². The lowest BCUT2D eigenvalue weighted by Crippen LogP contribution is -2.22. The largest absolute Gasteiger partial charge is 0.480 e. The normalized spacial score (nSPS) is 20.2. The van der Waals surface area contributed by atoms with Gasteiger partial charge in [0.15, 0.2) is 0 Å². The fraction of sp³-hybridized carbons (Fsp3) is 0.600. The average molecular weight is 351 g/mol. The quantitative estimate of drug-likeness (QED) is 0.785. The number of aromatic nitrogens is 2. The number of nitrogens with zero attached hydrogens (tertiary/aromatic N) is 3. The van der Waals surface area contributed by atoms with Gasteiger partial charge in [0.25, 0.3) is 0 Å².